The van der Waals surface area contributed by atoms with Crippen LogP contribution in [0.5, 0.6) is 0 Å². The fraction of sp³-hybridized carbons (Fsp3) is 0.316. The van der Waals surface area contributed by atoms with Gasteiger partial charge in [-0.1, -0.05) is 54.6 Å². The van der Waals surface area contributed by atoms with Crippen molar-refractivity contribution >= 4 is 6.03 Å². The molecule has 1 atom stereocenters. The van der Waals surface area contributed by atoms with Crippen LogP contribution in [0.3, 0.4) is 0 Å². The molecule has 0 saturated heterocycles. The summed E-state index contributed by atoms with van der Waals surface area (Å²) in [6, 6.07) is 17.7. The van der Waals surface area contributed by atoms with Crippen LogP contribution < -0.4 is 10.6 Å². The number of rotatable bonds is 7. The maximum atomic E-state index is 12.1. The van der Waals surface area contributed by atoms with Crippen molar-refractivity contribution in [2.75, 3.05) is 6.61 Å². The van der Waals surface area contributed by atoms with Gasteiger partial charge in [-0.3, -0.25) is 0 Å². The zero-order valence-corrected chi connectivity index (χ0v) is 13.7. The largest absolute Gasteiger partial charge is 0.377 e. The Morgan fingerprint density at radius 1 is 1.04 bits per heavy atom. The highest BCUT2D eigenvalue weighted by Gasteiger charge is 2.09. The predicted molar refractivity (Wildman–Crippen MR) is 92.0 cm³/mol. The molecule has 0 bridgehead atoms. The Labute approximate surface area is 137 Å². The van der Waals surface area contributed by atoms with Gasteiger partial charge in [-0.2, -0.15) is 0 Å². The summed E-state index contributed by atoms with van der Waals surface area (Å²) in [6.07, 6.45) is 0. The van der Waals surface area contributed by atoms with Crippen molar-refractivity contribution in [3.8, 4) is 0 Å². The first-order valence-electron chi connectivity index (χ1n) is 7.94. The Hall–Kier alpha value is -2.33. The number of benzene rings is 2. The van der Waals surface area contributed by atoms with E-state index in [1.165, 1.54) is 0 Å². The standard InChI is InChI=1S/C19H24N2O2/c1-3-23-14-18-12-8-7-11-17(18)13-20-19(22)21-15(2)16-9-5-4-6-10-16/h4-12,15H,3,13-14H2,1-2H3,(H2,20,21,22). The van der Waals surface area contributed by atoms with Crippen LogP contribution in [0.2, 0.25) is 0 Å². The molecule has 2 rings (SSSR count). The summed E-state index contributed by atoms with van der Waals surface area (Å²) in [5.74, 6) is 0. The van der Waals surface area contributed by atoms with Gasteiger partial charge in [-0.15, -0.1) is 0 Å². The molecular weight excluding hydrogens is 288 g/mol. The average molecular weight is 312 g/mol. The van der Waals surface area contributed by atoms with E-state index in [2.05, 4.69) is 10.6 Å². The normalized spacial score (nSPS) is 11.7. The molecule has 2 N–H and O–H groups in total. The molecule has 0 heterocycles. The smallest absolute Gasteiger partial charge is 0.315 e. The molecule has 2 aromatic carbocycles. The lowest BCUT2D eigenvalue weighted by Crippen LogP contribution is -2.36. The molecular formula is C19H24N2O2. The van der Waals surface area contributed by atoms with Crippen LogP contribution in [-0.4, -0.2) is 12.6 Å². The molecule has 23 heavy (non-hydrogen) atoms. The first-order chi connectivity index (χ1) is 11.2. The molecule has 4 heteroatoms. The van der Waals surface area contributed by atoms with Gasteiger partial charge in [0.2, 0.25) is 0 Å². The van der Waals surface area contributed by atoms with Crippen LogP contribution in [0.25, 0.3) is 0 Å². The van der Waals surface area contributed by atoms with Gasteiger partial charge in [0.15, 0.2) is 0 Å². The molecule has 122 valence electrons. The van der Waals surface area contributed by atoms with Crippen molar-refractivity contribution in [2.24, 2.45) is 0 Å². The first-order valence-corrected chi connectivity index (χ1v) is 7.94. The minimum Gasteiger partial charge on any atom is -0.377 e. The van der Waals surface area contributed by atoms with E-state index in [1.807, 2.05) is 68.4 Å². The zero-order valence-electron chi connectivity index (χ0n) is 13.7. The minimum atomic E-state index is -0.174. The summed E-state index contributed by atoms with van der Waals surface area (Å²) in [5, 5.41) is 5.86. The van der Waals surface area contributed by atoms with Crippen LogP contribution in [0.15, 0.2) is 54.6 Å². The van der Waals surface area contributed by atoms with E-state index < -0.39 is 0 Å². The summed E-state index contributed by atoms with van der Waals surface area (Å²) < 4.78 is 5.46. The molecule has 0 aliphatic carbocycles. The van der Waals surface area contributed by atoms with Crippen LogP contribution in [0.4, 0.5) is 4.79 Å². The molecule has 0 spiro atoms. The molecule has 0 radical (unpaired) electrons. The Balaban J connectivity index is 1.87. The molecule has 0 fully saturated rings. The molecule has 0 aromatic heterocycles. The number of carbonyl (C=O) groups is 1. The number of urea groups is 1. The summed E-state index contributed by atoms with van der Waals surface area (Å²) in [4.78, 5) is 12.1. The lowest BCUT2D eigenvalue weighted by molar-refractivity contribution is 0.133. The van der Waals surface area contributed by atoms with Gasteiger partial charge < -0.3 is 15.4 Å². The van der Waals surface area contributed by atoms with Crippen molar-refractivity contribution in [3.05, 3.63) is 71.3 Å². The maximum absolute atomic E-state index is 12.1. The third-order valence-corrected chi connectivity index (χ3v) is 3.67. The summed E-state index contributed by atoms with van der Waals surface area (Å²) in [6.45, 7) is 5.67. The first kappa shape index (κ1) is 17.0. The fourth-order valence-corrected chi connectivity index (χ4v) is 2.33. The topological polar surface area (TPSA) is 50.4 Å². The molecule has 0 aliphatic rings. The summed E-state index contributed by atoms with van der Waals surface area (Å²) >= 11 is 0. The second-order valence-corrected chi connectivity index (χ2v) is 5.37. The molecule has 0 saturated carbocycles. The van der Waals surface area contributed by atoms with Crippen LogP contribution in [0, 0.1) is 0 Å². The number of nitrogens with one attached hydrogen (secondary N) is 2. The Morgan fingerprint density at radius 3 is 2.39 bits per heavy atom. The van der Waals surface area contributed by atoms with Gasteiger partial charge in [-0.25, -0.2) is 4.79 Å². The molecule has 2 aromatic rings. The minimum absolute atomic E-state index is 0.0325. The van der Waals surface area contributed by atoms with Gasteiger partial charge in [0, 0.05) is 13.2 Å². The van der Waals surface area contributed by atoms with Gasteiger partial charge in [0.25, 0.3) is 0 Å². The Morgan fingerprint density at radius 2 is 1.70 bits per heavy atom. The monoisotopic (exact) mass is 312 g/mol. The fourth-order valence-electron chi connectivity index (χ4n) is 2.33. The average Bonchev–Trinajstić information content (AvgIpc) is 2.59. The number of hydrogen-bond donors (Lipinski definition) is 2. The lowest BCUT2D eigenvalue weighted by Gasteiger charge is -2.16. The second-order valence-electron chi connectivity index (χ2n) is 5.37. The van der Waals surface area contributed by atoms with E-state index >= 15 is 0 Å². The SMILES string of the molecule is CCOCc1ccccc1CNC(=O)NC(C)c1ccccc1. The van der Waals surface area contributed by atoms with Crippen LogP contribution in [-0.2, 0) is 17.9 Å². The van der Waals surface area contributed by atoms with Crippen molar-refractivity contribution in [3.63, 3.8) is 0 Å². The predicted octanol–water partition coefficient (Wildman–Crippen LogP) is 3.78. The zero-order chi connectivity index (χ0) is 16.5. The van der Waals surface area contributed by atoms with E-state index in [9.17, 15) is 4.79 Å². The van der Waals surface area contributed by atoms with Crippen LogP contribution >= 0.6 is 0 Å². The van der Waals surface area contributed by atoms with Crippen molar-refractivity contribution in [1.29, 1.82) is 0 Å². The van der Waals surface area contributed by atoms with Crippen molar-refractivity contribution in [1.82, 2.24) is 10.6 Å². The lowest BCUT2D eigenvalue weighted by atomic mass is 10.1. The number of hydrogen-bond acceptors (Lipinski definition) is 2. The second kappa shape index (κ2) is 8.96. The van der Waals surface area contributed by atoms with E-state index in [0.717, 1.165) is 16.7 Å². The van der Waals surface area contributed by atoms with E-state index in [-0.39, 0.29) is 12.1 Å². The highest BCUT2D eigenvalue weighted by molar-refractivity contribution is 5.74. The van der Waals surface area contributed by atoms with Crippen LogP contribution in [0.1, 0.15) is 36.6 Å². The van der Waals surface area contributed by atoms with Gasteiger partial charge in [0.05, 0.1) is 12.6 Å². The van der Waals surface area contributed by atoms with Gasteiger partial charge in [-0.05, 0) is 30.5 Å². The van der Waals surface area contributed by atoms with Crippen molar-refractivity contribution in [2.45, 2.75) is 33.0 Å². The maximum Gasteiger partial charge on any atom is 0.315 e. The summed E-state index contributed by atoms with van der Waals surface area (Å²) in [5.41, 5.74) is 3.26. The Bertz CT molecular complexity index is 614. The number of ether oxygens (including phenoxy) is 1. The van der Waals surface area contributed by atoms with E-state index in [1.54, 1.807) is 0 Å². The number of amides is 2. The van der Waals surface area contributed by atoms with Gasteiger partial charge >= 0.3 is 6.03 Å². The van der Waals surface area contributed by atoms with Gasteiger partial charge in [0.1, 0.15) is 0 Å². The highest BCUT2D eigenvalue weighted by atomic mass is 16.5. The van der Waals surface area contributed by atoms with E-state index in [4.69, 9.17) is 4.74 Å². The van der Waals surface area contributed by atoms with E-state index in [0.29, 0.717) is 19.8 Å². The highest BCUT2D eigenvalue weighted by Crippen LogP contribution is 2.12. The molecule has 2 amide bonds. The molecule has 1 unspecified atom stereocenters. The molecule has 4 nitrogen and oxygen atoms in total. The quantitative estimate of drug-likeness (QED) is 0.817. The molecule has 0 aliphatic heterocycles. The number of carbonyl (C=O) groups excluding carboxylic acids is 1. The third kappa shape index (κ3) is 5.42. The third-order valence-electron chi connectivity index (χ3n) is 3.67. The Kier molecular flexibility index (Phi) is 6.63. The summed E-state index contributed by atoms with van der Waals surface area (Å²) in [7, 11) is 0. The van der Waals surface area contributed by atoms with Crippen molar-refractivity contribution < 1.29 is 9.53 Å².